The maximum atomic E-state index is 12.8. The molecule has 0 saturated carbocycles. The van der Waals surface area contributed by atoms with Crippen LogP contribution < -0.4 is 20.1 Å². The molecule has 0 fully saturated rings. The van der Waals surface area contributed by atoms with Crippen molar-refractivity contribution in [2.24, 2.45) is 0 Å². The molecule has 0 spiro atoms. The van der Waals surface area contributed by atoms with Crippen LogP contribution in [0.15, 0.2) is 84.4 Å². The fourth-order valence-electron chi connectivity index (χ4n) is 3.60. The van der Waals surface area contributed by atoms with Crippen LogP contribution in [0.2, 0.25) is 0 Å². The minimum Gasteiger partial charge on any atom is -0.497 e. The van der Waals surface area contributed by atoms with Gasteiger partial charge in [0.2, 0.25) is 0 Å². The average Bonchev–Trinajstić information content (AvgIpc) is 2.88. The van der Waals surface area contributed by atoms with Gasteiger partial charge in [-0.25, -0.2) is 14.4 Å². The third-order valence-electron chi connectivity index (χ3n) is 5.29. The molecule has 4 rings (SSSR count). The van der Waals surface area contributed by atoms with Gasteiger partial charge in [-0.05, 0) is 59.7 Å². The van der Waals surface area contributed by atoms with E-state index in [1.54, 1.807) is 79.9 Å². The molecule has 0 aliphatic carbocycles. The first-order valence-corrected chi connectivity index (χ1v) is 10.4. The van der Waals surface area contributed by atoms with Crippen LogP contribution in [0.4, 0.5) is 4.79 Å². The maximum absolute atomic E-state index is 12.8. The predicted molar refractivity (Wildman–Crippen MR) is 124 cm³/mol. The summed E-state index contributed by atoms with van der Waals surface area (Å²) in [5, 5.41) is 5.47. The minimum absolute atomic E-state index is 0.237. The molecule has 172 valence electrons. The molecule has 8 nitrogen and oxygen atoms in total. The first-order valence-electron chi connectivity index (χ1n) is 10.4. The molecule has 0 bridgehead atoms. The summed E-state index contributed by atoms with van der Waals surface area (Å²) in [5.41, 5.74) is 2.23. The molecule has 2 amide bonds. The minimum atomic E-state index is -0.780. The van der Waals surface area contributed by atoms with Crippen molar-refractivity contribution >= 4 is 23.7 Å². The van der Waals surface area contributed by atoms with Crippen molar-refractivity contribution in [2.45, 2.75) is 6.04 Å². The van der Waals surface area contributed by atoms with Crippen LogP contribution in [0.3, 0.4) is 0 Å². The summed E-state index contributed by atoms with van der Waals surface area (Å²) < 4.78 is 15.6. The fraction of sp³-hybridized carbons (Fsp3) is 0.115. The van der Waals surface area contributed by atoms with Crippen LogP contribution in [0.25, 0.3) is 5.70 Å². The van der Waals surface area contributed by atoms with Gasteiger partial charge in [0.25, 0.3) is 0 Å². The van der Waals surface area contributed by atoms with Gasteiger partial charge in [-0.3, -0.25) is 0 Å². The van der Waals surface area contributed by atoms with Gasteiger partial charge in [0.1, 0.15) is 11.5 Å². The zero-order chi connectivity index (χ0) is 24.1. The highest BCUT2D eigenvalue weighted by Gasteiger charge is 2.34. The van der Waals surface area contributed by atoms with E-state index in [0.29, 0.717) is 33.9 Å². The van der Waals surface area contributed by atoms with E-state index < -0.39 is 24.0 Å². The van der Waals surface area contributed by atoms with Gasteiger partial charge >= 0.3 is 18.0 Å². The summed E-state index contributed by atoms with van der Waals surface area (Å²) in [6.45, 7) is 0. The lowest BCUT2D eigenvalue weighted by molar-refractivity contribution is -0.136. The number of rotatable bonds is 6. The Morgan fingerprint density at radius 2 is 1.44 bits per heavy atom. The maximum Gasteiger partial charge on any atom is 0.343 e. The molecule has 0 radical (unpaired) electrons. The zero-order valence-corrected chi connectivity index (χ0v) is 18.5. The number of carbonyl (C=O) groups is 3. The molecule has 3 aromatic rings. The number of benzene rings is 3. The largest absolute Gasteiger partial charge is 0.497 e. The Balaban J connectivity index is 1.66. The summed E-state index contributed by atoms with van der Waals surface area (Å²) in [4.78, 5) is 37.5. The Labute approximate surface area is 196 Å². The summed E-state index contributed by atoms with van der Waals surface area (Å²) in [5.74, 6) is -0.110. The van der Waals surface area contributed by atoms with Crippen LogP contribution in [-0.2, 0) is 9.53 Å². The molecular formula is C26H22N2O6. The van der Waals surface area contributed by atoms with Gasteiger partial charge < -0.3 is 24.8 Å². The summed E-state index contributed by atoms with van der Waals surface area (Å²) >= 11 is 0. The number of hydrogen-bond acceptors (Lipinski definition) is 6. The van der Waals surface area contributed by atoms with Crippen LogP contribution in [0, 0.1) is 0 Å². The normalized spacial score (nSPS) is 15.1. The highest BCUT2D eigenvalue weighted by Crippen LogP contribution is 2.33. The number of methoxy groups -OCH3 is 2. The van der Waals surface area contributed by atoms with E-state index in [1.807, 2.05) is 6.07 Å². The van der Waals surface area contributed by atoms with E-state index >= 15 is 0 Å². The van der Waals surface area contributed by atoms with Gasteiger partial charge in [-0.2, -0.15) is 0 Å². The molecule has 34 heavy (non-hydrogen) atoms. The number of urea groups is 1. The molecule has 8 heteroatoms. The average molecular weight is 458 g/mol. The van der Waals surface area contributed by atoms with Crippen LogP contribution in [-0.4, -0.2) is 32.2 Å². The number of amides is 2. The van der Waals surface area contributed by atoms with Gasteiger partial charge in [0.05, 0.1) is 37.1 Å². The molecule has 1 unspecified atom stereocenters. The molecule has 1 atom stereocenters. The van der Waals surface area contributed by atoms with Crippen LogP contribution >= 0.6 is 0 Å². The number of esters is 2. The standard InChI is InChI=1S/C26H22N2O6/c1-32-19-12-8-16(9-13-19)22-21(25(30)33-2)23(28-26(31)27-22)17-10-14-20(15-11-17)34-24(29)18-6-4-3-5-7-18/h3-15,23H,1-2H3,(H2,27,28,31). The summed E-state index contributed by atoms with van der Waals surface area (Å²) in [6, 6.07) is 20.9. The lowest BCUT2D eigenvalue weighted by Gasteiger charge is -2.29. The lowest BCUT2D eigenvalue weighted by Crippen LogP contribution is -2.45. The third-order valence-corrected chi connectivity index (χ3v) is 5.29. The van der Waals surface area contributed by atoms with E-state index in [2.05, 4.69) is 10.6 Å². The number of nitrogens with one attached hydrogen (secondary N) is 2. The second-order valence-corrected chi connectivity index (χ2v) is 7.36. The zero-order valence-electron chi connectivity index (χ0n) is 18.5. The van der Waals surface area contributed by atoms with Crippen molar-refractivity contribution in [3.05, 3.63) is 101 Å². The second kappa shape index (κ2) is 9.91. The van der Waals surface area contributed by atoms with E-state index in [9.17, 15) is 14.4 Å². The van der Waals surface area contributed by atoms with Crippen molar-refractivity contribution in [1.82, 2.24) is 10.6 Å². The van der Waals surface area contributed by atoms with Crippen molar-refractivity contribution < 1.29 is 28.6 Å². The van der Waals surface area contributed by atoms with Gasteiger partial charge in [0.15, 0.2) is 0 Å². The lowest BCUT2D eigenvalue weighted by atomic mass is 9.92. The van der Waals surface area contributed by atoms with Crippen LogP contribution in [0.5, 0.6) is 11.5 Å². The van der Waals surface area contributed by atoms with Gasteiger partial charge in [0, 0.05) is 0 Å². The Hall–Kier alpha value is -4.59. The quantitative estimate of drug-likeness (QED) is 0.430. The second-order valence-electron chi connectivity index (χ2n) is 7.36. The van der Waals surface area contributed by atoms with Gasteiger partial charge in [-0.15, -0.1) is 0 Å². The van der Waals surface area contributed by atoms with Crippen molar-refractivity contribution in [2.75, 3.05) is 14.2 Å². The Bertz CT molecular complexity index is 1230. The Morgan fingerprint density at radius 3 is 2.06 bits per heavy atom. The molecule has 2 N–H and O–H groups in total. The highest BCUT2D eigenvalue weighted by molar-refractivity contribution is 6.04. The van der Waals surface area contributed by atoms with E-state index in [1.165, 1.54) is 7.11 Å². The van der Waals surface area contributed by atoms with Crippen LogP contribution in [0.1, 0.15) is 27.5 Å². The fourth-order valence-corrected chi connectivity index (χ4v) is 3.60. The SMILES string of the molecule is COC(=O)C1=C(c2ccc(OC)cc2)NC(=O)NC1c1ccc(OC(=O)c2ccccc2)cc1. The molecule has 1 heterocycles. The Kier molecular flexibility index (Phi) is 6.59. The predicted octanol–water partition coefficient (Wildman–Crippen LogP) is 3.85. The van der Waals surface area contributed by atoms with E-state index in [0.717, 1.165) is 0 Å². The smallest absolute Gasteiger partial charge is 0.343 e. The molecular weight excluding hydrogens is 436 g/mol. The molecule has 0 aromatic heterocycles. The van der Waals surface area contributed by atoms with Crippen molar-refractivity contribution in [3.63, 3.8) is 0 Å². The molecule has 3 aromatic carbocycles. The first-order chi connectivity index (χ1) is 16.5. The van der Waals surface area contributed by atoms with Gasteiger partial charge in [-0.1, -0.05) is 30.3 Å². The van der Waals surface area contributed by atoms with E-state index in [-0.39, 0.29) is 5.57 Å². The summed E-state index contributed by atoms with van der Waals surface area (Å²) in [6.07, 6.45) is 0. The monoisotopic (exact) mass is 458 g/mol. The third kappa shape index (κ3) is 4.75. The molecule has 1 aliphatic heterocycles. The number of ether oxygens (including phenoxy) is 3. The highest BCUT2D eigenvalue weighted by atomic mass is 16.5. The molecule has 1 aliphatic rings. The number of hydrogen-bond donors (Lipinski definition) is 2. The number of carbonyl (C=O) groups excluding carboxylic acids is 3. The van der Waals surface area contributed by atoms with Crippen molar-refractivity contribution in [1.29, 1.82) is 0 Å². The van der Waals surface area contributed by atoms with Crippen molar-refractivity contribution in [3.8, 4) is 11.5 Å². The first kappa shape index (κ1) is 22.6. The topological polar surface area (TPSA) is 103 Å². The summed E-state index contributed by atoms with van der Waals surface area (Å²) in [7, 11) is 2.83. The molecule has 0 saturated heterocycles. The van der Waals surface area contributed by atoms with E-state index in [4.69, 9.17) is 14.2 Å². The Morgan fingerprint density at radius 1 is 0.794 bits per heavy atom.